The maximum atomic E-state index is 13.8. The van der Waals surface area contributed by atoms with Crippen molar-refractivity contribution >= 4 is 5.91 Å². The largest absolute Gasteiger partial charge is 0.497 e. The maximum Gasteiger partial charge on any atom is 0.425 e. The molecule has 164 valence electrons. The summed E-state index contributed by atoms with van der Waals surface area (Å²) in [7, 11) is 2.98. The number of methoxy groups -OCH3 is 2. The minimum atomic E-state index is -5.09. The van der Waals surface area contributed by atoms with E-state index in [1.807, 2.05) is 0 Å². The highest BCUT2D eigenvalue weighted by molar-refractivity contribution is 5.78. The van der Waals surface area contributed by atoms with Gasteiger partial charge in [0.05, 0.1) is 26.7 Å². The van der Waals surface area contributed by atoms with E-state index in [9.17, 15) is 23.1 Å². The zero-order valence-corrected chi connectivity index (χ0v) is 17.0. The lowest BCUT2D eigenvalue weighted by Gasteiger charge is -2.32. The fourth-order valence-electron chi connectivity index (χ4n) is 3.79. The second-order valence-electron chi connectivity index (χ2n) is 7.30. The highest BCUT2D eigenvalue weighted by Gasteiger charge is 2.59. The van der Waals surface area contributed by atoms with Crippen molar-refractivity contribution in [3.63, 3.8) is 0 Å². The van der Waals surface area contributed by atoms with E-state index in [4.69, 9.17) is 13.9 Å². The summed E-state index contributed by atoms with van der Waals surface area (Å²) < 4.78 is 56.9. The summed E-state index contributed by atoms with van der Waals surface area (Å²) in [6.45, 7) is 1.74. The van der Waals surface area contributed by atoms with Crippen molar-refractivity contribution in [3.05, 3.63) is 47.4 Å². The minimum Gasteiger partial charge on any atom is -0.497 e. The first-order chi connectivity index (χ1) is 14.1. The molecule has 1 aliphatic heterocycles. The first kappa shape index (κ1) is 22.0. The Morgan fingerprint density at radius 2 is 1.97 bits per heavy atom. The lowest BCUT2D eigenvalue weighted by atomic mass is 9.94. The van der Waals surface area contributed by atoms with E-state index in [0.717, 1.165) is 6.07 Å². The lowest BCUT2D eigenvalue weighted by molar-refractivity contribution is -0.274. The van der Waals surface area contributed by atoms with E-state index in [0.29, 0.717) is 29.9 Å². The molecular formula is C21H24F3NO5. The van der Waals surface area contributed by atoms with E-state index in [2.05, 4.69) is 0 Å². The van der Waals surface area contributed by atoms with Crippen LogP contribution in [-0.2, 0) is 10.4 Å². The van der Waals surface area contributed by atoms with Crippen LogP contribution in [0.3, 0.4) is 0 Å². The molecule has 2 unspecified atom stereocenters. The molecule has 1 fully saturated rings. The Hall–Kier alpha value is -2.68. The van der Waals surface area contributed by atoms with Crippen molar-refractivity contribution in [2.75, 3.05) is 20.8 Å². The summed E-state index contributed by atoms with van der Waals surface area (Å²) in [5.74, 6) is -0.261. The number of ether oxygens (including phenoxy) is 2. The van der Waals surface area contributed by atoms with Gasteiger partial charge < -0.3 is 23.9 Å². The molecule has 1 aliphatic rings. The van der Waals surface area contributed by atoms with Gasteiger partial charge in [-0.25, -0.2) is 0 Å². The number of carbonyl (C=O) groups is 1. The molecule has 1 amide bonds. The number of likely N-dealkylation sites (tertiary alicyclic amines) is 1. The normalized spacial score (nSPS) is 18.9. The van der Waals surface area contributed by atoms with Crippen LogP contribution >= 0.6 is 0 Å². The average Bonchev–Trinajstić information content (AvgIpc) is 3.35. The number of furan rings is 1. The topological polar surface area (TPSA) is 72.1 Å². The van der Waals surface area contributed by atoms with Crippen molar-refractivity contribution in [2.45, 2.75) is 44.0 Å². The summed E-state index contributed by atoms with van der Waals surface area (Å²) in [5.41, 5.74) is -2.77. The Bertz CT molecular complexity index is 910. The number of amides is 1. The number of alkyl halides is 3. The number of benzene rings is 1. The van der Waals surface area contributed by atoms with E-state index in [1.54, 1.807) is 18.2 Å². The highest BCUT2D eigenvalue weighted by atomic mass is 19.4. The lowest BCUT2D eigenvalue weighted by Crippen LogP contribution is -2.46. The number of carbonyl (C=O) groups excluding carboxylic acids is 1. The third-order valence-electron chi connectivity index (χ3n) is 5.39. The van der Waals surface area contributed by atoms with Crippen molar-refractivity contribution in [1.29, 1.82) is 0 Å². The van der Waals surface area contributed by atoms with Gasteiger partial charge in [0, 0.05) is 12.1 Å². The zero-order chi connectivity index (χ0) is 22.1. The number of hydrogen-bond acceptors (Lipinski definition) is 5. The van der Waals surface area contributed by atoms with E-state index < -0.39 is 35.9 Å². The predicted molar refractivity (Wildman–Crippen MR) is 101 cm³/mol. The molecule has 3 rings (SSSR count). The third-order valence-corrected chi connectivity index (χ3v) is 5.39. The molecule has 9 heteroatoms. The standard InChI is InChI=1S/C21H24F3NO5/c1-13-6-9-18(30-13)20(27,21(22,23)24)12-19(26)25-10-4-5-16(25)15-11-14(28-2)7-8-17(15)29-3/h6-9,11,16,27H,4-5,10,12H2,1-3H3. The van der Waals surface area contributed by atoms with Gasteiger partial charge in [0.2, 0.25) is 11.5 Å². The molecule has 0 saturated carbocycles. The monoisotopic (exact) mass is 427 g/mol. The van der Waals surface area contributed by atoms with Crippen molar-refractivity contribution in [2.24, 2.45) is 0 Å². The fraction of sp³-hybridized carbons (Fsp3) is 0.476. The van der Waals surface area contributed by atoms with Crippen LogP contribution in [0.15, 0.2) is 34.7 Å². The van der Waals surface area contributed by atoms with E-state index in [1.165, 1.54) is 32.1 Å². The van der Waals surface area contributed by atoms with Crippen LogP contribution < -0.4 is 9.47 Å². The molecule has 0 spiro atoms. The van der Waals surface area contributed by atoms with Crippen molar-refractivity contribution in [3.8, 4) is 11.5 Å². The number of hydrogen-bond donors (Lipinski definition) is 1. The van der Waals surface area contributed by atoms with Crippen LogP contribution in [0.2, 0.25) is 0 Å². The Labute approximate surface area is 172 Å². The summed E-state index contributed by atoms with van der Waals surface area (Å²) in [6.07, 6.45) is -5.09. The fourth-order valence-corrected chi connectivity index (χ4v) is 3.79. The molecule has 1 aromatic carbocycles. The molecule has 1 N–H and O–H groups in total. The minimum absolute atomic E-state index is 0.209. The summed E-state index contributed by atoms with van der Waals surface area (Å²) in [5, 5.41) is 10.5. The molecule has 0 bridgehead atoms. The summed E-state index contributed by atoms with van der Waals surface area (Å²) in [4.78, 5) is 14.3. The molecule has 0 radical (unpaired) electrons. The van der Waals surface area contributed by atoms with Crippen LogP contribution in [-0.4, -0.2) is 42.9 Å². The second kappa shape index (κ2) is 8.22. The number of nitrogens with zero attached hydrogens (tertiary/aromatic N) is 1. The molecule has 2 aromatic rings. The maximum absolute atomic E-state index is 13.8. The quantitative estimate of drug-likeness (QED) is 0.751. The van der Waals surface area contributed by atoms with Crippen LogP contribution in [0, 0.1) is 6.92 Å². The van der Waals surface area contributed by atoms with Crippen LogP contribution in [0.4, 0.5) is 13.2 Å². The van der Waals surface area contributed by atoms with Gasteiger partial charge >= 0.3 is 6.18 Å². The Balaban J connectivity index is 1.92. The Morgan fingerprint density at radius 3 is 2.53 bits per heavy atom. The molecule has 1 saturated heterocycles. The summed E-state index contributed by atoms with van der Waals surface area (Å²) >= 11 is 0. The van der Waals surface area contributed by atoms with Gasteiger partial charge in [-0.1, -0.05) is 0 Å². The third kappa shape index (κ3) is 3.98. The summed E-state index contributed by atoms with van der Waals surface area (Å²) in [6, 6.07) is 6.97. The van der Waals surface area contributed by atoms with Crippen molar-refractivity contribution < 1.29 is 37.0 Å². The number of aliphatic hydroxyl groups is 1. The zero-order valence-electron chi connectivity index (χ0n) is 17.0. The number of aryl methyl sites for hydroxylation is 1. The van der Waals surface area contributed by atoms with Crippen LogP contribution in [0.25, 0.3) is 0 Å². The van der Waals surface area contributed by atoms with Gasteiger partial charge in [0.1, 0.15) is 23.0 Å². The highest BCUT2D eigenvalue weighted by Crippen LogP contribution is 2.45. The van der Waals surface area contributed by atoms with Gasteiger partial charge in [0.25, 0.3) is 0 Å². The molecule has 0 aliphatic carbocycles. The van der Waals surface area contributed by atoms with Gasteiger partial charge in [-0.2, -0.15) is 13.2 Å². The molecule has 2 atom stereocenters. The molecule has 1 aromatic heterocycles. The average molecular weight is 427 g/mol. The smallest absolute Gasteiger partial charge is 0.425 e. The van der Waals surface area contributed by atoms with Crippen LogP contribution in [0.1, 0.15) is 42.4 Å². The second-order valence-corrected chi connectivity index (χ2v) is 7.30. The van der Waals surface area contributed by atoms with Gasteiger partial charge in [-0.05, 0) is 50.1 Å². The van der Waals surface area contributed by atoms with E-state index in [-0.39, 0.29) is 12.3 Å². The van der Waals surface area contributed by atoms with Crippen molar-refractivity contribution in [1.82, 2.24) is 4.90 Å². The number of rotatable bonds is 6. The first-order valence-electron chi connectivity index (χ1n) is 9.48. The SMILES string of the molecule is COc1ccc(OC)c(C2CCCN2C(=O)CC(O)(c2ccc(C)o2)C(F)(F)F)c1. The number of halogens is 3. The predicted octanol–water partition coefficient (Wildman–Crippen LogP) is 4.11. The van der Waals surface area contributed by atoms with Gasteiger partial charge in [0.15, 0.2) is 0 Å². The molecular weight excluding hydrogens is 403 g/mol. The molecule has 6 nitrogen and oxygen atoms in total. The molecule has 2 heterocycles. The van der Waals surface area contributed by atoms with Crippen LogP contribution in [0.5, 0.6) is 11.5 Å². The molecule has 30 heavy (non-hydrogen) atoms. The Kier molecular flexibility index (Phi) is 6.03. The van der Waals surface area contributed by atoms with E-state index >= 15 is 0 Å². The first-order valence-corrected chi connectivity index (χ1v) is 9.48. The Morgan fingerprint density at radius 1 is 1.23 bits per heavy atom. The van der Waals surface area contributed by atoms with Gasteiger partial charge in [-0.3, -0.25) is 4.79 Å². The van der Waals surface area contributed by atoms with Gasteiger partial charge in [-0.15, -0.1) is 0 Å².